The molecule has 3 amide bonds. The number of imide groups is 1. The molecule has 0 saturated heterocycles. The van der Waals surface area contributed by atoms with Crippen molar-refractivity contribution in [1.82, 2.24) is 4.90 Å². The normalized spacial score (nSPS) is 14.1. The molecule has 0 aromatic heterocycles. The Hall–Kier alpha value is -1.23. The first-order valence-corrected chi connectivity index (χ1v) is 11.0. The molecule has 3 rings (SSSR count). The second kappa shape index (κ2) is 8.25. The summed E-state index contributed by atoms with van der Waals surface area (Å²) in [5.41, 5.74) is 0.939. The van der Waals surface area contributed by atoms with Crippen molar-refractivity contribution in [2.45, 2.75) is 13.0 Å². The minimum absolute atomic E-state index is 0.205. The Balaban J connectivity index is 1.90. The van der Waals surface area contributed by atoms with Crippen molar-refractivity contribution in [2.24, 2.45) is 0 Å². The summed E-state index contributed by atoms with van der Waals surface area (Å²) in [5.74, 6) is -0.918. The Bertz CT molecular complexity index is 961. The van der Waals surface area contributed by atoms with Crippen molar-refractivity contribution in [3.63, 3.8) is 0 Å². The highest BCUT2D eigenvalue weighted by Gasteiger charge is 2.44. The molecule has 0 unspecified atom stereocenters. The predicted octanol–water partition coefficient (Wildman–Crippen LogP) is 5.37. The van der Waals surface area contributed by atoms with E-state index < -0.39 is 23.8 Å². The molecule has 1 atom stereocenters. The molecule has 2 aromatic rings. The van der Waals surface area contributed by atoms with Gasteiger partial charge < -0.3 is 10.1 Å². The molecule has 1 aliphatic rings. The van der Waals surface area contributed by atoms with Crippen LogP contribution in [0.25, 0.3) is 0 Å². The predicted molar refractivity (Wildman–Crippen MR) is 119 cm³/mol. The van der Waals surface area contributed by atoms with E-state index in [4.69, 9.17) is 4.74 Å². The van der Waals surface area contributed by atoms with Gasteiger partial charge in [-0.15, -0.1) is 0 Å². The second-order valence-corrected chi connectivity index (χ2v) is 9.05. The number of carbonyl (C=O) groups is 3. The first-order chi connectivity index (χ1) is 13.2. The summed E-state index contributed by atoms with van der Waals surface area (Å²) in [6.07, 6.45) is 0. The average Bonchev–Trinajstić information content (AvgIpc) is 2.95. The molecule has 0 spiro atoms. The molecule has 0 bridgehead atoms. The number of nitrogens with zero attached hydrogens (tertiary/aromatic N) is 1. The average molecular weight is 640 g/mol. The molecule has 0 aliphatic carbocycles. The summed E-state index contributed by atoms with van der Waals surface area (Å²) < 4.78 is 7.16. The number of rotatable bonds is 4. The number of hydrogen-bond donors (Lipinski definition) is 1. The van der Waals surface area contributed by atoms with Crippen molar-refractivity contribution >= 4 is 87.1 Å². The zero-order valence-corrected chi connectivity index (χ0v) is 20.8. The van der Waals surface area contributed by atoms with Crippen LogP contribution in [-0.2, 0) is 4.79 Å². The van der Waals surface area contributed by atoms with Crippen LogP contribution in [0, 0.1) is 0 Å². The number of nitrogens with one attached hydrogen (secondary N) is 1. The van der Waals surface area contributed by atoms with E-state index in [0.717, 1.165) is 4.90 Å². The first kappa shape index (κ1) is 21.5. The fourth-order valence-corrected chi connectivity index (χ4v) is 5.21. The van der Waals surface area contributed by atoms with Crippen LogP contribution in [0.5, 0.6) is 5.75 Å². The zero-order valence-electron chi connectivity index (χ0n) is 14.5. The minimum Gasteiger partial charge on any atom is -0.497 e. The van der Waals surface area contributed by atoms with Gasteiger partial charge >= 0.3 is 0 Å². The van der Waals surface area contributed by atoms with Crippen LogP contribution < -0.4 is 10.1 Å². The molecule has 10 heteroatoms. The standard InChI is InChI=1S/C18H12Br4N2O4/c1-7(16(25)23-8-3-5-9(28-2)6-4-8)24-17(26)10-11(18(24)27)13(20)15(22)14(21)12(10)19/h3-7H,1-2H3,(H,23,25)/t7-/m1/s1. The first-order valence-electron chi connectivity index (χ1n) is 7.87. The molecule has 0 saturated carbocycles. The number of carbonyl (C=O) groups excluding carboxylic acids is 3. The van der Waals surface area contributed by atoms with Crippen molar-refractivity contribution < 1.29 is 19.1 Å². The van der Waals surface area contributed by atoms with E-state index >= 15 is 0 Å². The lowest BCUT2D eigenvalue weighted by atomic mass is 10.1. The number of anilines is 1. The van der Waals surface area contributed by atoms with Crippen LogP contribution in [-0.4, -0.2) is 35.8 Å². The summed E-state index contributed by atoms with van der Waals surface area (Å²) in [6, 6.07) is 5.74. The number of benzene rings is 2. The maximum Gasteiger partial charge on any atom is 0.263 e. The third-order valence-electron chi connectivity index (χ3n) is 4.26. The monoisotopic (exact) mass is 636 g/mol. The van der Waals surface area contributed by atoms with Crippen LogP contribution in [0.15, 0.2) is 42.2 Å². The van der Waals surface area contributed by atoms with Gasteiger partial charge in [0.15, 0.2) is 0 Å². The smallest absolute Gasteiger partial charge is 0.263 e. The Labute approximate surface area is 194 Å². The zero-order chi connectivity index (χ0) is 20.7. The van der Waals surface area contributed by atoms with Gasteiger partial charge in [-0.05, 0) is 94.9 Å². The molecule has 28 heavy (non-hydrogen) atoms. The largest absolute Gasteiger partial charge is 0.497 e. The van der Waals surface area contributed by atoms with Gasteiger partial charge in [0, 0.05) is 23.6 Å². The molecule has 1 heterocycles. The summed E-state index contributed by atoms with van der Waals surface area (Å²) >= 11 is 13.5. The summed E-state index contributed by atoms with van der Waals surface area (Å²) in [6.45, 7) is 1.51. The van der Waals surface area contributed by atoms with E-state index in [1.165, 1.54) is 6.92 Å². The molecule has 0 radical (unpaired) electrons. The Kier molecular flexibility index (Phi) is 6.33. The van der Waals surface area contributed by atoms with Crippen molar-refractivity contribution in [1.29, 1.82) is 0 Å². The maximum atomic E-state index is 12.9. The third kappa shape index (κ3) is 3.55. The van der Waals surface area contributed by atoms with Crippen LogP contribution in [0.1, 0.15) is 27.6 Å². The Morgan fingerprint density at radius 2 is 1.39 bits per heavy atom. The number of ether oxygens (including phenoxy) is 1. The summed E-state index contributed by atoms with van der Waals surface area (Å²) in [4.78, 5) is 39.5. The van der Waals surface area contributed by atoms with E-state index in [2.05, 4.69) is 69.0 Å². The van der Waals surface area contributed by atoms with Crippen LogP contribution >= 0.6 is 63.7 Å². The minimum atomic E-state index is -1.01. The van der Waals surface area contributed by atoms with Crippen LogP contribution in [0.2, 0.25) is 0 Å². The lowest BCUT2D eigenvalue weighted by Gasteiger charge is -2.21. The van der Waals surface area contributed by atoms with Gasteiger partial charge in [0.2, 0.25) is 5.91 Å². The number of fused-ring (bicyclic) bond motifs is 1. The lowest BCUT2D eigenvalue weighted by Crippen LogP contribution is -2.45. The van der Waals surface area contributed by atoms with Crippen molar-refractivity contribution in [2.75, 3.05) is 12.4 Å². The van der Waals surface area contributed by atoms with Gasteiger partial charge in [-0.3, -0.25) is 19.3 Å². The highest BCUT2D eigenvalue weighted by Crippen LogP contribution is 2.45. The second-order valence-electron chi connectivity index (χ2n) is 5.88. The van der Waals surface area contributed by atoms with Gasteiger partial charge in [0.1, 0.15) is 11.8 Å². The topological polar surface area (TPSA) is 75.7 Å². The van der Waals surface area contributed by atoms with Gasteiger partial charge in [0.25, 0.3) is 11.8 Å². The molecular formula is C18H12Br4N2O4. The quantitative estimate of drug-likeness (QED) is 0.278. The fourth-order valence-electron chi connectivity index (χ4n) is 2.76. The van der Waals surface area contributed by atoms with E-state index in [1.807, 2.05) is 0 Å². The van der Waals surface area contributed by atoms with Gasteiger partial charge in [0.05, 0.1) is 18.2 Å². The number of methoxy groups -OCH3 is 1. The lowest BCUT2D eigenvalue weighted by molar-refractivity contribution is -0.119. The van der Waals surface area contributed by atoms with Crippen molar-refractivity contribution in [3.8, 4) is 5.75 Å². The molecule has 2 aromatic carbocycles. The van der Waals surface area contributed by atoms with E-state index in [9.17, 15) is 14.4 Å². The summed E-state index contributed by atoms with van der Waals surface area (Å²) in [5, 5.41) is 2.71. The SMILES string of the molecule is COc1ccc(NC(=O)[C@@H](C)N2C(=O)c3c(Br)c(Br)c(Br)c(Br)c3C2=O)cc1. The molecular weight excluding hydrogens is 628 g/mol. The van der Waals surface area contributed by atoms with Crippen LogP contribution in [0.3, 0.4) is 0 Å². The van der Waals surface area contributed by atoms with Crippen LogP contribution in [0.4, 0.5) is 5.69 Å². The third-order valence-corrected chi connectivity index (χ3v) is 9.02. The molecule has 146 valence electrons. The number of hydrogen-bond acceptors (Lipinski definition) is 4. The Morgan fingerprint density at radius 1 is 0.929 bits per heavy atom. The molecule has 1 N–H and O–H groups in total. The van der Waals surface area contributed by atoms with E-state index in [1.54, 1.807) is 31.4 Å². The van der Waals surface area contributed by atoms with Crippen molar-refractivity contribution in [3.05, 3.63) is 53.3 Å². The summed E-state index contributed by atoms with van der Waals surface area (Å²) in [7, 11) is 1.55. The molecule has 1 aliphatic heterocycles. The van der Waals surface area contributed by atoms with Gasteiger partial charge in [-0.2, -0.15) is 0 Å². The molecule has 6 nitrogen and oxygen atoms in total. The Morgan fingerprint density at radius 3 is 1.82 bits per heavy atom. The van der Waals surface area contributed by atoms with Gasteiger partial charge in [-0.25, -0.2) is 0 Å². The fraction of sp³-hybridized carbons (Fsp3) is 0.167. The molecule has 0 fully saturated rings. The number of amides is 3. The van der Waals surface area contributed by atoms with E-state index in [0.29, 0.717) is 29.3 Å². The van der Waals surface area contributed by atoms with Gasteiger partial charge in [-0.1, -0.05) is 0 Å². The maximum absolute atomic E-state index is 12.9. The highest BCUT2D eigenvalue weighted by molar-refractivity contribution is 9.15. The highest BCUT2D eigenvalue weighted by atomic mass is 79.9. The number of halogens is 4. The van der Waals surface area contributed by atoms with E-state index in [-0.39, 0.29) is 11.1 Å².